The van der Waals surface area contributed by atoms with Crippen LogP contribution in [0.5, 0.6) is 0 Å². The number of piperidine rings is 1. The van der Waals surface area contributed by atoms with Crippen LogP contribution in [0.15, 0.2) is 27.6 Å². The molecule has 0 radical (unpaired) electrons. The Hall–Kier alpha value is -2.43. The first-order valence-electron chi connectivity index (χ1n) is 9.40. The third-order valence-corrected chi connectivity index (χ3v) is 7.39. The van der Waals surface area contributed by atoms with Crippen LogP contribution in [-0.4, -0.2) is 42.8 Å². The highest BCUT2D eigenvalue weighted by Gasteiger charge is 2.35. The number of sulfonamides is 1. The number of rotatable bonds is 5. The van der Waals surface area contributed by atoms with Crippen molar-refractivity contribution in [2.24, 2.45) is 5.92 Å². The Bertz CT molecular complexity index is 1060. The maximum atomic E-state index is 12.9. The van der Waals surface area contributed by atoms with Crippen LogP contribution >= 0.6 is 11.6 Å². The van der Waals surface area contributed by atoms with Crippen LogP contribution < -0.4 is 10.6 Å². The lowest BCUT2D eigenvalue weighted by molar-refractivity contribution is -0.121. The molecule has 2 N–H and O–H groups in total. The van der Waals surface area contributed by atoms with Crippen molar-refractivity contribution in [3.05, 3.63) is 34.7 Å². The summed E-state index contributed by atoms with van der Waals surface area (Å²) in [6, 6.07) is 4.81. The highest BCUT2D eigenvalue weighted by atomic mass is 35.5. The first-order chi connectivity index (χ1) is 14.1. The Kier molecular flexibility index (Phi) is 6.49. The van der Waals surface area contributed by atoms with E-state index in [4.69, 9.17) is 16.1 Å². The van der Waals surface area contributed by atoms with Gasteiger partial charge in [-0.3, -0.25) is 9.59 Å². The van der Waals surface area contributed by atoms with Gasteiger partial charge in [0.1, 0.15) is 10.6 Å². The normalized spacial score (nSPS) is 15.7. The van der Waals surface area contributed by atoms with E-state index in [1.165, 1.54) is 11.2 Å². The summed E-state index contributed by atoms with van der Waals surface area (Å²) in [6.07, 6.45) is 0.770. The van der Waals surface area contributed by atoms with Crippen molar-refractivity contribution < 1.29 is 22.5 Å². The van der Waals surface area contributed by atoms with Crippen molar-refractivity contribution >= 4 is 44.8 Å². The predicted molar refractivity (Wildman–Crippen MR) is 112 cm³/mol. The van der Waals surface area contributed by atoms with Gasteiger partial charge in [0.15, 0.2) is 5.76 Å². The molecule has 0 unspecified atom stereocenters. The second kappa shape index (κ2) is 8.75. The fourth-order valence-corrected chi connectivity index (χ4v) is 5.45. The molecular weight excluding hydrogens is 432 g/mol. The Morgan fingerprint density at radius 2 is 1.87 bits per heavy atom. The number of carbonyl (C=O) groups is 2. The van der Waals surface area contributed by atoms with Gasteiger partial charge in [-0.25, -0.2) is 8.42 Å². The minimum absolute atomic E-state index is 0.0939. The molecule has 2 heterocycles. The number of halogens is 1. The summed E-state index contributed by atoms with van der Waals surface area (Å²) >= 11 is 6.20. The number of amides is 2. The Morgan fingerprint density at radius 3 is 2.40 bits per heavy atom. The van der Waals surface area contributed by atoms with Gasteiger partial charge in [-0.1, -0.05) is 16.8 Å². The van der Waals surface area contributed by atoms with E-state index in [-0.39, 0.29) is 41.5 Å². The molecule has 2 aromatic rings. The molecule has 0 saturated carbocycles. The van der Waals surface area contributed by atoms with E-state index < -0.39 is 10.0 Å². The molecule has 30 heavy (non-hydrogen) atoms. The maximum absolute atomic E-state index is 12.9. The van der Waals surface area contributed by atoms with Crippen LogP contribution in [0, 0.1) is 19.8 Å². The fourth-order valence-electron chi connectivity index (χ4n) is 3.46. The van der Waals surface area contributed by atoms with Gasteiger partial charge in [0.25, 0.3) is 0 Å². The number of nitrogens with one attached hydrogen (secondary N) is 2. The van der Waals surface area contributed by atoms with Gasteiger partial charge in [0.05, 0.1) is 10.7 Å². The molecule has 1 aromatic carbocycles. The zero-order chi connectivity index (χ0) is 22.1. The Labute approximate surface area is 179 Å². The lowest BCUT2D eigenvalue weighted by Crippen LogP contribution is -2.41. The monoisotopic (exact) mass is 454 g/mol. The van der Waals surface area contributed by atoms with Crippen molar-refractivity contribution in [1.29, 1.82) is 0 Å². The van der Waals surface area contributed by atoms with E-state index in [1.807, 2.05) is 0 Å². The van der Waals surface area contributed by atoms with Gasteiger partial charge in [-0.15, -0.1) is 0 Å². The molecule has 0 spiro atoms. The molecule has 9 nitrogen and oxygen atoms in total. The number of anilines is 2. The molecule has 162 valence electrons. The zero-order valence-corrected chi connectivity index (χ0v) is 18.4. The molecule has 0 bridgehead atoms. The van der Waals surface area contributed by atoms with Gasteiger partial charge >= 0.3 is 0 Å². The van der Waals surface area contributed by atoms with E-state index in [2.05, 4.69) is 15.8 Å². The molecule has 0 atom stereocenters. The van der Waals surface area contributed by atoms with Gasteiger partial charge in [0.2, 0.25) is 21.8 Å². The molecule has 1 aliphatic heterocycles. The topological polar surface area (TPSA) is 122 Å². The summed E-state index contributed by atoms with van der Waals surface area (Å²) in [5, 5.41) is 9.42. The fraction of sp³-hybridized carbons (Fsp3) is 0.421. The van der Waals surface area contributed by atoms with Crippen LogP contribution in [0.1, 0.15) is 31.2 Å². The standard InChI is InChI=1S/C19H23ClN4O5S/c1-11-18(12(2)29-23-11)30(27,28)24-8-6-14(7-9-24)19(26)22-17-5-4-15(10-16(17)20)21-13(3)25/h4-5,10,14H,6-9H2,1-3H3,(H,21,25)(H,22,26). The highest BCUT2D eigenvalue weighted by molar-refractivity contribution is 7.89. The quantitative estimate of drug-likeness (QED) is 0.716. The van der Waals surface area contributed by atoms with Gasteiger partial charge in [-0.2, -0.15) is 4.31 Å². The van der Waals surface area contributed by atoms with Crippen molar-refractivity contribution in [1.82, 2.24) is 9.46 Å². The Balaban J connectivity index is 1.63. The largest absolute Gasteiger partial charge is 0.360 e. The number of benzene rings is 1. The molecule has 3 rings (SSSR count). The third kappa shape index (κ3) is 4.66. The smallest absolute Gasteiger partial charge is 0.248 e. The predicted octanol–water partition coefficient (Wildman–Crippen LogP) is 2.94. The second-order valence-electron chi connectivity index (χ2n) is 7.20. The summed E-state index contributed by atoms with van der Waals surface area (Å²) in [5.74, 6) is -0.531. The maximum Gasteiger partial charge on any atom is 0.248 e. The van der Waals surface area contributed by atoms with E-state index in [1.54, 1.807) is 32.0 Å². The van der Waals surface area contributed by atoms with Gasteiger partial charge < -0.3 is 15.2 Å². The summed E-state index contributed by atoms with van der Waals surface area (Å²) in [4.78, 5) is 23.9. The summed E-state index contributed by atoms with van der Waals surface area (Å²) in [5.41, 5.74) is 1.29. The summed E-state index contributed by atoms with van der Waals surface area (Å²) in [7, 11) is -3.72. The van der Waals surface area contributed by atoms with Crippen LogP contribution in [0.2, 0.25) is 5.02 Å². The summed E-state index contributed by atoms with van der Waals surface area (Å²) < 4.78 is 32.1. The van der Waals surface area contributed by atoms with Crippen LogP contribution in [0.25, 0.3) is 0 Å². The van der Waals surface area contributed by atoms with Gasteiger partial charge in [-0.05, 0) is 44.9 Å². The van der Waals surface area contributed by atoms with E-state index in [9.17, 15) is 18.0 Å². The van der Waals surface area contributed by atoms with Crippen LogP contribution in [-0.2, 0) is 19.6 Å². The number of hydrogen-bond donors (Lipinski definition) is 2. The van der Waals surface area contributed by atoms with Crippen molar-refractivity contribution in [3.63, 3.8) is 0 Å². The average molecular weight is 455 g/mol. The molecule has 1 fully saturated rings. The number of aryl methyl sites for hydroxylation is 2. The second-order valence-corrected chi connectivity index (χ2v) is 9.48. The Morgan fingerprint density at radius 1 is 1.20 bits per heavy atom. The van der Waals surface area contributed by atoms with Crippen molar-refractivity contribution in [2.75, 3.05) is 23.7 Å². The number of carbonyl (C=O) groups excluding carboxylic acids is 2. The zero-order valence-electron chi connectivity index (χ0n) is 16.9. The van der Waals surface area contributed by atoms with Gasteiger partial charge in [0, 0.05) is 31.6 Å². The van der Waals surface area contributed by atoms with E-state index in [0.29, 0.717) is 34.9 Å². The third-order valence-electron chi connectivity index (χ3n) is 4.94. The first kappa shape index (κ1) is 22.3. The molecule has 1 aliphatic rings. The minimum Gasteiger partial charge on any atom is -0.360 e. The lowest BCUT2D eigenvalue weighted by Gasteiger charge is -2.30. The highest BCUT2D eigenvalue weighted by Crippen LogP contribution is 2.30. The molecule has 1 aromatic heterocycles. The molecule has 0 aliphatic carbocycles. The molecule has 2 amide bonds. The van der Waals surface area contributed by atoms with E-state index >= 15 is 0 Å². The molecular formula is C19H23ClN4O5S. The molecule has 1 saturated heterocycles. The molecule has 11 heteroatoms. The number of aromatic nitrogens is 1. The van der Waals surface area contributed by atoms with Crippen molar-refractivity contribution in [2.45, 2.75) is 38.5 Å². The van der Waals surface area contributed by atoms with E-state index in [0.717, 1.165) is 0 Å². The lowest BCUT2D eigenvalue weighted by atomic mass is 9.97. The minimum atomic E-state index is -3.72. The summed E-state index contributed by atoms with van der Waals surface area (Å²) in [6.45, 7) is 4.99. The van der Waals surface area contributed by atoms with Crippen LogP contribution in [0.4, 0.5) is 11.4 Å². The number of nitrogens with zero attached hydrogens (tertiary/aromatic N) is 2. The SMILES string of the molecule is CC(=O)Nc1ccc(NC(=O)C2CCN(S(=O)(=O)c3c(C)noc3C)CC2)c(Cl)c1. The first-order valence-corrected chi connectivity index (χ1v) is 11.2. The van der Waals surface area contributed by atoms with Crippen LogP contribution in [0.3, 0.4) is 0 Å². The number of hydrogen-bond acceptors (Lipinski definition) is 6. The van der Waals surface area contributed by atoms with Crippen molar-refractivity contribution in [3.8, 4) is 0 Å². The average Bonchev–Trinajstić information content (AvgIpc) is 3.02.